The first-order chi connectivity index (χ1) is 12.6. The van der Waals surface area contributed by atoms with Crippen LogP contribution in [0.15, 0.2) is 52.9 Å². The molecule has 0 saturated heterocycles. The minimum atomic E-state index is -0.999. The number of fused-ring (bicyclic) bond motifs is 2. The molecule has 1 atom stereocenters. The number of rotatable bonds is 4. The molecule has 1 aromatic heterocycles. The maximum Gasteiger partial charge on any atom is 0.375 e. The van der Waals surface area contributed by atoms with Crippen LogP contribution < -0.4 is 14.8 Å². The molecule has 0 unspecified atom stereocenters. The molecule has 2 aromatic carbocycles. The summed E-state index contributed by atoms with van der Waals surface area (Å²) in [6, 6.07) is 13.8. The fraction of sp³-hybridized carbons (Fsp3) is 0.158. The summed E-state index contributed by atoms with van der Waals surface area (Å²) in [5.41, 5.74) is 1.10. The van der Waals surface area contributed by atoms with Crippen molar-refractivity contribution in [2.45, 2.75) is 13.0 Å². The first-order valence-corrected chi connectivity index (χ1v) is 8.00. The van der Waals surface area contributed by atoms with E-state index < -0.39 is 18.0 Å². The summed E-state index contributed by atoms with van der Waals surface area (Å²) in [4.78, 5) is 24.5. The molecule has 3 aromatic rings. The average molecular weight is 353 g/mol. The molecule has 0 spiro atoms. The lowest BCUT2D eigenvalue weighted by molar-refractivity contribution is -0.123. The number of amides is 1. The zero-order valence-electron chi connectivity index (χ0n) is 13.9. The molecule has 0 bridgehead atoms. The van der Waals surface area contributed by atoms with Gasteiger partial charge in [-0.15, -0.1) is 0 Å². The predicted octanol–water partition coefficient (Wildman–Crippen LogP) is 3.35. The number of carbonyl (C=O) groups is 2. The highest BCUT2D eigenvalue weighted by Gasteiger charge is 2.22. The van der Waals surface area contributed by atoms with Crippen LogP contribution in [0.3, 0.4) is 0 Å². The molecular weight excluding hydrogens is 338 g/mol. The molecular formula is C19H15NO6. The van der Waals surface area contributed by atoms with Crippen molar-refractivity contribution in [3.05, 3.63) is 54.3 Å². The van der Waals surface area contributed by atoms with Gasteiger partial charge in [0.1, 0.15) is 5.58 Å². The van der Waals surface area contributed by atoms with E-state index >= 15 is 0 Å². The van der Waals surface area contributed by atoms with Crippen molar-refractivity contribution in [3.63, 3.8) is 0 Å². The Morgan fingerprint density at radius 1 is 1.08 bits per heavy atom. The van der Waals surface area contributed by atoms with Gasteiger partial charge in [-0.3, -0.25) is 4.79 Å². The van der Waals surface area contributed by atoms with Gasteiger partial charge in [0, 0.05) is 17.1 Å². The van der Waals surface area contributed by atoms with Crippen molar-refractivity contribution in [2.24, 2.45) is 0 Å². The standard InChI is InChI=1S/C19H15NO6/c1-11(18(21)20-13-6-7-15-16(9-13)24-10-23-15)25-19(22)17-8-12-4-2-3-5-14(12)26-17/h2-9,11H,10H2,1H3,(H,20,21)/t11-/m1/s1. The maximum absolute atomic E-state index is 12.3. The van der Waals surface area contributed by atoms with Crippen LogP contribution in [0.5, 0.6) is 11.5 Å². The van der Waals surface area contributed by atoms with Crippen molar-refractivity contribution in [1.29, 1.82) is 0 Å². The third-order valence-corrected chi connectivity index (χ3v) is 3.92. The highest BCUT2D eigenvalue weighted by Crippen LogP contribution is 2.34. The van der Waals surface area contributed by atoms with Crippen molar-refractivity contribution in [1.82, 2.24) is 0 Å². The highest BCUT2D eigenvalue weighted by atomic mass is 16.7. The van der Waals surface area contributed by atoms with E-state index in [0.29, 0.717) is 22.8 Å². The van der Waals surface area contributed by atoms with E-state index in [1.54, 1.807) is 30.3 Å². The number of benzene rings is 2. The van der Waals surface area contributed by atoms with Crippen LogP contribution in [0.25, 0.3) is 11.0 Å². The Morgan fingerprint density at radius 2 is 1.88 bits per heavy atom. The van der Waals surface area contributed by atoms with Crippen LogP contribution in [-0.2, 0) is 9.53 Å². The zero-order valence-corrected chi connectivity index (χ0v) is 13.9. The van der Waals surface area contributed by atoms with Gasteiger partial charge in [0.2, 0.25) is 12.6 Å². The van der Waals surface area contributed by atoms with Gasteiger partial charge < -0.3 is 23.9 Å². The smallest absolute Gasteiger partial charge is 0.375 e. The van der Waals surface area contributed by atoms with Crippen molar-refractivity contribution < 1.29 is 28.2 Å². The summed E-state index contributed by atoms with van der Waals surface area (Å²) in [5.74, 6) is 0.0545. The molecule has 132 valence electrons. The Balaban J connectivity index is 1.41. The second kappa shape index (κ2) is 6.44. The van der Waals surface area contributed by atoms with E-state index in [4.69, 9.17) is 18.6 Å². The number of hydrogen-bond acceptors (Lipinski definition) is 6. The summed E-state index contributed by atoms with van der Waals surface area (Å²) in [7, 11) is 0. The Labute approximate surface area is 148 Å². The number of esters is 1. The van der Waals surface area contributed by atoms with Crippen LogP contribution in [0.2, 0.25) is 0 Å². The first-order valence-electron chi connectivity index (χ1n) is 8.00. The van der Waals surface area contributed by atoms with Crippen LogP contribution >= 0.6 is 0 Å². The maximum atomic E-state index is 12.3. The topological polar surface area (TPSA) is 87.0 Å². The van der Waals surface area contributed by atoms with Gasteiger partial charge in [-0.1, -0.05) is 18.2 Å². The molecule has 1 N–H and O–H groups in total. The normalized spacial score (nSPS) is 13.4. The minimum Gasteiger partial charge on any atom is -0.454 e. The fourth-order valence-electron chi connectivity index (χ4n) is 2.57. The van der Waals surface area contributed by atoms with E-state index in [9.17, 15) is 9.59 Å². The quantitative estimate of drug-likeness (QED) is 0.724. The molecule has 1 amide bonds. The molecule has 7 heteroatoms. The Hall–Kier alpha value is -3.48. The zero-order chi connectivity index (χ0) is 18.1. The third-order valence-electron chi connectivity index (χ3n) is 3.92. The van der Waals surface area contributed by atoms with Gasteiger partial charge >= 0.3 is 5.97 Å². The number of nitrogens with one attached hydrogen (secondary N) is 1. The van der Waals surface area contributed by atoms with Gasteiger partial charge in [-0.2, -0.15) is 0 Å². The third kappa shape index (κ3) is 3.06. The monoisotopic (exact) mass is 353 g/mol. The van der Waals surface area contributed by atoms with Crippen molar-refractivity contribution in [2.75, 3.05) is 12.1 Å². The average Bonchev–Trinajstić information content (AvgIpc) is 3.27. The van der Waals surface area contributed by atoms with Gasteiger partial charge in [0.25, 0.3) is 5.91 Å². The number of ether oxygens (including phenoxy) is 3. The molecule has 4 rings (SSSR count). The summed E-state index contributed by atoms with van der Waals surface area (Å²) in [6.45, 7) is 1.64. The summed E-state index contributed by atoms with van der Waals surface area (Å²) < 4.78 is 21.1. The van der Waals surface area contributed by atoms with Crippen LogP contribution in [0.1, 0.15) is 17.5 Å². The molecule has 26 heavy (non-hydrogen) atoms. The van der Waals surface area contributed by atoms with E-state index in [0.717, 1.165) is 5.39 Å². The lowest BCUT2D eigenvalue weighted by atomic mass is 10.2. The SMILES string of the molecule is C[C@@H](OC(=O)c1cc2ccccc2o1)C(=O)Nc1ccc2c(c1)OCO2. The minimum absolute atomic E-state index is 0.0499. The van der Waals surface area contributed by atoms with Gasteiger partial charge in [0.15, 0.2) is 17.6 Å². The predicted molar refractivity (Wildman–Crippen MR) is 92.3 cm³/mol. The Morgan fingerprint density at radius 3 is 2.73 bits per heavy atom. The number of furan rings is 1. The first kappa shape index (κ1) is 16.0. The van der Waals surface area contributed by atoms with Gasteiger partial charge in [-0.05, 0) is 31.2 Å². The Kier molecular flexibility index (Phi) is 3.96. The number of para-hydroxylation sites is 1. The van der Waals surface area contributed by atoms with Gasteiger partial charge in [0.05, 0.1) is 0 Å². The van der Waals surface area contributed by atoms with E-state index in [1.165, 1.54) is 6.92 Å². The van der Waals surface area contributed by atoms with Crippen molar-refractivity contribution in [3.8, 4) is 11.5 Å². The lowest BCUT2D eigenvalue weighted by Crippen LogP contribution is -2.29. The summed E-state index contributed by atoms with van der Waals surface area (Å²) >= 11 is 0. The molecule has 0 fully saturated rings. The van der Waals surface area contributed by atoms with Crippen LogP contribution in [0.4, 0.5) is 5.69 Å². The Bertz CT molecular complexity index is 960. The van der Waals surface area contributed by atoms with E-state index in [1.807, 2.05) is 18.2 Å². The van der Waals surface area contributed by atoms with Crippen molar-refractivity contribution >= 4 is 28.5 Å². The summed E-state index contributed by atoms with van der Waals surface area (Å²) in [5, 5.41) is 3.46. The second-order valence-corrected chi connectivity index (χ2v) is 5.75. The number of hydrogen-bond donors (Lipinski definition) is 1. The largest absolute Gasteiger partial charge is 0.454 e. The summed E-state index contributed by atoms with van der Waals surface area (Å²) in [6.07, 6.45) is -0.999. The van der Waals surface area contributed by atoms with E-state index in [-0.39, 0.29) is 12.6 Å². The molecule has 2 heterocycles. The van der Waals surface area contributed by atoms with Gasteiger partial charge in [-0.25, -0.2) is 4.79 Å². The second-order valence-electron chi connectivity index (χ2n) is 5.75. The lowest BCUT2D eigenvalue weighted by Gasteiger charge is -2.13. The molecule has 0 aliphatic carbocycles. The fourth-order valence-corrected chi connectivity index (χ4v) is 2.57. The molecule has 1 aliphatic heterocycles. The molecule has 7 nitrogen and oxygen atoms in total. The number of carbonyl (C=O) groups excluding carboxylic acids is 2. The number of anilines is 1. The molecule has 0 radical (unpaired) electrons. The van der Waals surface area contributed by atoms with Crippen LogP contribution in [0, 0.1) is 0 Å². The van der Waals surface area contributed by atoms with E-state index in [2.05, 4.69) is 5.32 Å². The molecule has 1 aliphatic rings. The molecule has 0 saturated carbocycles. The highest BCUT2D eigenvalue weighted by molar-refractivity contribution is 5.98. The van der Waals surface area contributed by atoms with Crippen LogP contribution in [-0.4, -0.2) is 24.8 Å².